The van der Waals surface area contributed by atoms with Gasteiger partial charge >= 0.3 is 0 Å². The number of ether oxygens (including phenoxy) is 1. The van der Waals surface area contributed by atoms with Gasteiger partial charge in [-0.25, -0.2) is 5.01 Å². The van der Waals surface area contributed by atoms with Crippen molar-refractivity contribution in [3.8, 4) is 5.75 Å². The van der Waals surface area contributed by atoms with Gasteiger partial charge in [0.05, 0.1) is 12.6 Å². The van der Waals surface area contributed by atoms with Crippen LogP contribution in [0.25, 0.3) is 0 Å². The van der Waals surface area contributed by atoms with Gasteiger partial charge in [0.25, 0.3) is 11.8 Å². The van der Waals surface area contributed by atoms with E-state index in [9.17, 15) is 9.59 Å². The Morgan fingerprint density at radius 2 is 1.71 bits per heavy atom. The zero-order chi connectivity index (χ0) is 20.9. The summed E-state index contributed by atoms with van der Waals surface area (Å²) >= 11 is 0. The lowest BCUT2D eigenvalue weighted by atomic mass is 9.99. The first-order chi connectivity index (χ1) is 13.2. The number of aryl methyl sites for hydroxylation is 1. The number of amides is 2. The lowest BCUT2D eigenvalue weighted by Crippen LogP contribution is -2.57. The van der Waals surface area contributed by atoms with Crippen LogP contribution in [0.15, 0.2) is 42.5 Å². The molecule has 0 saturated carbocycles. The maximum Gasteiger partial charge on any atom is 0.272 e. The molecule has 2 aromatic carbocycles. The number of nitrogens with one attached hydrogen (secondary N) is 1. The topological polar surface area (TPSA) is 58.6 Å². The third-order valence-electron chi connectivity index (χ3n) is 5.14. The zero-order valence-corrected chi connectivity index (χ0v) is 17.6. The molecule has 0 unspecified atom stereocenters. The van der Waals surface area contributed by atoms with E-state index < -0.39 is 5.54 Å². The SMILES string of the molecule is CCc1c(OC)cccc1C(=O)NN(C(=O)c1ccc(C)cc1)C(C)(C)CC. The quantitative estimate of drug-likeness (QED) is 0.746. The number of carbonyl (C=O) groups excluding carboxylic acids is 2. The molecular weight excluding hydrogens is 352 g/mol. The largest absolute Gasteiger partial charge is 0.496 e. The number of nitrogens with zero attached hydrogens (tertiary/aromatic N) is 1. The standard InChI is InChI=1S/C23H30N2O3/c1-7-18-19(10-9-11-20(18)28-6)21(26)24-25(23(4,5)8-2)22(27)17-14-12-16(3)13-15-17/h9-15H,7-8H2,1-6H3,(H,24,26). The molecule has 0 spiro atoms. The van der Waals surface area contributed by atoms with Gasteiger partial charge in [0.2, 0.25) is 0 Å². The fourth-order valence-electron chi connectivity index (χ4n) is 2.96. The molecule has 0 aliphatic heterocycles. The highest BCUT2D eigenvalue weighted by Gasteiger charge is 2.32. The molecule has 1 N–H and O–H groups in total. The van der Waals surface area contributed by atoms with E-state index in [0.717, 1.165) is 11.1 Å². The highest BCUT2D eigenvalue weighted by atomic mass is 16.5. The molecule has 2 aromatic rings. The Balaban J connectivity index is 2.40. The van der Waals surface area contributed by atoms with E-state index in [1.807, 2.05) is 52.8 Å². The molecule has 2 amide bonds. The predicted octanol–water partition coefficient (Wildman–Crippen LogP) is 4.54. The van der Waals surface area contributed by atoms with Crippen LogP contribution in [-0.4, -0.2) is 29.5 Å². The second kappa shape index (κ2) is 8.91. The van der Waals surface area contributed by atoms with Crippen molar-refractivity contribution in [1.29, 1.82) is 0 Å². The minimum atomic E-state index is -0.553. The lowest BCUT2D eigenvalue weighted by Gasteiger charge is -2.38. The third-order valence-corrected chi connectivity index (χ3v) is 5.14. The van der Waals surface area contributed by atoms with Crippen molar-refractivity contribution < 1.29 is 14.3 Å². The molecule has 2 rings (SSSR count). The van der Waals surface area contributed by atoms with Crippen molar-refractivity contribution in [1.82, 2.24) is 10.4 Å². The number of methoxy groups -OCH3 is 1. The molecular formula is C23H30N2O3. The molecule has 0 atom stereocenters. The average Bonchev–Trinajstić information content (AvgIpc) is 2.70. The molecule has 0 heterocycles. The summed E-state index contributed by atoms with van der Waals surface area (Å²) in [4.78, 5) is 26.3. The molecule has 28 heavy (non-hydrogen) atoms. The fourth-order valence-corrected chi connectivity index (χ4v) is 2.96. The molecule has 5 nitrogen and oxygen atoms in total. The maximum atomic E-state index is 13.2. The first-order valence-corrected chi connectivity index (χ1v) is 9.63. The smallest absolute Gasteiger partial charge is 0.272 e. The van der Waals surface area contributed by atoms with Crippen LogP contribution >= 0.6 is 0 Å². The van der Waals surface area contributed by atoms with Crippen LogP contribution in [-0.2, 0) is 6.42 Å². The zero-order valence-electron chi connectivity index (χ0n) is 17.6. The first kappa shape index (κ1) is 21.5. The summed E-state index contributed by atoms with van der Waals surface area (Å²) in [5.41, 5.74) is 5.24. The molecule has 0 aromatic heterocycles. The molecule has 0 bridgehead atoms. The Bertz CT molecular complexity index is 841. The normalized spacial score (nSPS) is 11.1. The first-order valence-electron chi connectivity index (χ1n) is 9.63. The second-order valence-electron chi connectivity index (χ2n) is 7.45. The summed E-state index contributed by atoms with van der Waals surface area (Å²) in [7, 11) is 1.59. The van der Waals surface area contributed by atoms with Gasteiger partial charge in [-0.05, 0) is 57.9 Å². The highest BCUT2D eigenvalue weighted by Crippen LogP contribution is 2.24. The van der Waals surface area contributed by atoms with Crippen LogP contribution in [0.5, 0.6) is 5.75 Å². The Kier molecular flexibility index (Phi) is 6.84. The van der Waals surface area contributed by atoms with Gasteiger partial charge in [0.15, 0.2) is 0 Å². The van der Waals surface area contributed by atoms with Gasteiger partial charge < -0.3 is 4.74 Å². The maximum absolute atomic E-state index is 13.2. The highest BCUT2D eigenvalue weighted by molar-refractivity contribution is 6.00. The van der Waals surface area contributed by atoms with Crippen LogP contribution in [0.4, 0.5) is 0 Å². The van der Waals surface area contributed by atoms with E-state index in [4.69, 9.17) is 4.74 Å². The molecule has 5 heteroatoms. The van der Waals surface area contributed by atoms with Gasteiger partial charge in [0.1, 0.15) is 5.75 Å². The van der Waals surface area contributed by atoms with E-state index >= 15 is 0 Å². The minimum Gasteiger partial charge on any atom is -0.496 e. The van der Waals surface area contributed by atoms with Crippen LogP contribution < -0.4 is 10.2 Å². The molecule has 0 saturated heterocycles. The monoisotopic (exact) mass is 382 g/mol. The average molecular weight is 383 g/mol. The Morgan fingerprint density at radius 3 is 2.25 bits per heavy atom. The van der Waals surface area contributed by atoms with E-state index in [0.29, 0.717) is 29.7 Å². The van der Waals surface area contributed by atoms with Gasteiger partial charge in [-0.2, -0.15) is 0 Å². The van der Waals surface area contributed by atoms with Crippen LogP contribution in [0.1, 0.15) is 66.0 Å². The molecule has 0 radical (unpaired) electrons. The van der Waals surface area contributed by atoms with Crippen molar-refractivity contribution in [2.75, 3.05) is 7.11 Å². The number of rotatable bonds is 6. The minimum absolute atomic E-state index is 0.235. The van der Waals surface area contributed by atoms with Gasteiger partial charge in [0, 0.05) is 16.7 Å². The van der Waals surface area contributed by atoms with Gasteiger partial charge in [-0.3, -0.25) is 15.0 Å². The van der Waals surface area contributed by atoms with Crippen molar-refractivity contribution in [2.45, 2.75) is 53.0 Å². The third kappa shape index (κ3) is 4.53. The van der Waals surface area contributed by atoms with E-state index in [1.165, 1.54) is 5.01 Å². The summed E-state index contributed by atoms with van der Waals surface area (Å²) in [5, 5.41) is 1.44. The number of hydrogen-bond donors (Lipinski definition) is 1. The van der Waals surface area contributed by atoms with Gasteiger partial charge in [-0.1, -0.05) is 37.6 Å². The molecule has 150 valence electrons. The summed E-state index contributed by atoms with van der Waals surface area (Å²) in [6.07, 6.45) is 1.33. The molecule has 0 aliphatic carbocycles. The predicted molar refractivity (Wildman–Crippen MR) is 112 cm³/mol. The number of benzene rings is 2. The second-order valence-corrected chi connectivity index (χ2v) is 7.45. The summed E-state index contributed by atoms with van der Waals surface area (Å²) in [5.74, 6) is 0.111. The van der Waals surface area contributed by atoms with Crippen molar-refractivity contribution in [3.63, 3.8) is 0 Å². The van der Waals surface area contributed by atoms with Crippen molar-refractivity contribution in [2.24, 2.45) is 0 Å². The number of hydrogen-bond acceptors (Lipinski definition) is 3. The Morgan fingerprint density at radius 1 is 1.07 bits per heavy atom. The number of hydrazine groups is 1. The van der Waals surface area contributed by atoms with Crippen LogP contribution in [0.2, 0.25) is 0 Å². The van der Waals surface area contributed by atoms with Crippen molar-refractivity contribution >= 4 is 11.8 Å². The van der Waals surface area contributed by atoms with E-state index in [1.54, 1.807) is 31.4 Å². The van der Waals surface area contributed by atoms with Crippen LogP contribution in [0.3, 0.4) is 0 Å². The lowest BCUT2D eigenvalue weighted by molar-refractivity contribution is 0.0307. The Hall–Kier alpha value is -2.82. The van der Waals surface area contributed by atoms with E-state index in [-0.39, 0.29) is 11.8 Å². The van der Waals surface area contributed by atoms with E-state index in [2.05, 4.69) is 5.43 Å². The van der Waals surface area contributed by atoms with Crippen LogP contribution in [0, 0.1) is 6.92 Å². The summed E-state index contributed by atoms with van der Waals surface area (Å²) < 4.78 is 5.39. The van der Waals surface area contributed by atoms with Crippen molar-refractivity contribution in [3.05, 3.63) is 64.7 Å². The summed E-state index contributed by atoms with van der Waals surface area (Å²) in [6.45, 7) is 9.81. The molecule has 0 fully saturated rings. The number of carbonyl (C=O) groups is 2. The van der Waals surface area contributed by atoms with Gasteiger partial charge in [-0.15, -0.1) is 0 Å². The summed E-state index contributed by atoms with van der Waals surface area (Å²) in [6, 6.07) is 12.7. The fraction of sp³-hybridized carbons (Fsp3) is 0.391. The molecule has 0 aliphatic rings. The Labute approximate surface area is 167 Å².